The second-order valence-corrected chi connectivity index (χ2v) is 10.2. The molecule has 4 rings (SSSR count). The van der Waals surface area contributed by atoms with Crippen molar-refractivity contribution in [2.45, 2.75) is 23.9 Å². The van der Waals surface area contributed by atoms with Gasteiger partial charge in [0.05, 0.1) is 16.3 Å². The number of carbonyl (C=O) groups excluding carboxylic acids is 1. The zero-order valence-electron chi connectivity index (χ0n) is 18.6. The van der Waals surface area contributed by atoms with Gasteiger partial charge in [-0.15, -0.1) is 10.2 Å². The highest BCUT2D eigenvalue weighted by Crippen LogP contribution is 2.29. The minimum absolute atomic E-state index is 0.0187. The van der Waals surface area contributed by atoms with Gasteiger partial charge in [0.2, 0.25) is 15.9 Å². The van der Waals surface area contributed by atoms with Crippen molar-refractivity contribution in [1.29, 1.82) is 0 Å². The number of rotatable bonds is 7. The Morgan fingerprint density at radius 3 is 2.32 bits per heavy atom. The predicted molar refractivity (Wildman–Crippen MR) is 133 cm³/mol. The minimum atomic E-state index is -3.79. The number of aromatic nitrogens is 3. The molecule has 0 fully saturated rings. The fourth-order valence-corrected chi connectivity index (χ4v) is 4.56. The number of nitrogens with two attached hydrogens (primary N) is 1. The summed E-state index contributed by atoms with van der Waals surface area (Å²) < 4.78 is 24.7. The van der Waals surface area contributed by atoms with Crippen molar-refractivity contribution in [3.63, 3.8) is 0 Å². The summed E-state index contributed by atoms with van der Waals surface area (Å²) in [5.74, 6) is 0.518. The van der Waals surface area contributed by atoms with Crippen molar-refractivity contribution in [2.75, 3.05) is 11.1 Å². The van der Waals surface area contributed by atoms with E-state index >= 15 is 0 Å². The van der Waals surface area contributed by atoms with Gasteiger partial charge in [-0.05, 0) is 61.4 Å². The summed E-state index contributed by atoms with van der Waals surface area (Å²) in [4.78, 5) is 12.5. The first-order chi connectivity index (χ1) is 16.2. The first kappa shape index (κ1) is 23.7. The Hall–Kier alpha value is -3.47. The smallest absolute Gasteiger partial charge is 0.238 e. The standard InChI is InChI=1S/C24H23N5O3S2/c1-16-8-11-20(14-17(16)2)29-23(18-6-4-3-5-7-18)27-28-24(29)33-15-22(30)26-19-9-12-21(13-10-19)34(25,31)32/h3-14H,15H2,1-2H3,(H,26,30)(H2,25,31,32). The predicted octanol–water partition coefficient (Wildman–Crippen LogP) is 3.93. The van der Waals surface area contributed by atoms with Gasteiger partial charge in [0.15, 0.2) is 11.0 Å². The second-order valence-electron chi connectivity index (χ2n) is 7.68. The van der Waals surface area contributed by atoms with Crippen LogP contribution in [-0.2, 0) is 14.8 Å². The molecule has 0 saturated carbocycles. The number of aryl methyl sites for hydroxylation is 2. The monoisotopic (exact) mass is 493 g/mol. The Kier molecular flexibility index (Phi) is 6.82. The molecule has 10 heteroatoms. The molecule has 0 spiro atoms. The number of nitrogens with one attached hydrogen (secondary N) is 1. The molecule has 0 atom stereocenters. The van der Waals surface area contributed by atoms with E-state index in [4.69, 9.17) is 5.14 Å². The summed E-state index contributed by atoms with van der Waals surface area (Å²) in [5.41, 5.74) is 4.62. The molecule has 0 aliphatic heterocycles. The van der Waals surface area contributed by atoms with Crippen molar-refractivity contribution in [3.05, 3.63) is 83.9 Å². The van der Waals surface area contributed by atoms with Crippen LogP contribution in [0, 0.1) is 13.8 Å². The number of sulfonamides is 1. The van der Waals surface area contributed by atoms with E-state index in [0.29, 0.717) is 16.7 Å². The zero-order valence-corrected chi connectivity index (χ0v) is 20.2. The van der Waals surface area contributed by atoms with Crippen LogP contribution < -0.4 is 10.5 Å². The minimum Gasteiger partial charge on any atom is -0.325 e. The van der Waals surface area contributed by atoms with E-state index in [-0.39, 0.29) is 16.6 Å². The molecular formula is C24H23N5O3S2. The highest BCUT2D eigenvalue weighted by Gasteiger charge is 2.18. The van der Waals surface area contributed by atoms with Gasteiger partial charge in [0.1, 0.15) is 0 Å². The van der Waals surface area contributed by atoms with Gasteiger partial charge in [0.25, 0.3) is 0 Å². The highest BCUT2D eigenvalue weighted by atomic mass is 32.2. The molecule has 3 N–H and O–H groups in total. The van der Waals surface area contributed by atoms with Gasteiger partial charge in [-0.25, -0.2) is 13.6 Å². The van der Waals surface area contributed by atoms with Gasteiger partial charge in [-0.1, -0.05) is 48.2 Å². The fraction of sp³-hybridized carbons (Fsp3) is 0.125. The lowest BCUT2D eigenvalue weighted by atomic mass is 10.1. The molecule has 0 bridgehead atoms. The number of hydrogen-bond acceptors (Lipinski definition) is 6. The number of benzene rings is 3. The van der Waals surface area contributed by atoms with E-state index in [2.05, 4.69) is 28.5 Å². The molecule has 174 valence electrons. The van der Waals surface area contributed by atoms with Crippen molar-refractivity contribution in [3.8, 4) is 17.1 Å². The topological polar surface area (TPSA) is 120 Å². The first-order valence-electron chi connectivity index (χ1n) is 10.4. The molecule has 1 aromatic heterocycles. The van der Waals surface area contributed by atoms with Crippen LogP contribution in [-0.4, -0.2) is 34.8 Å². The van der Waals surface area contributed by atoms with Crippen molar-refractivity contribution in [2.24, 2.45) is 5.14 Å². The highest BCUT2D eigenvalue weighted by molar-refractivity contribution is 7.99. The van der Waals surface area contributed by atoms with Gasteiger partial charge >= 0.3 is 0 Å². The van der Waals surface area contributed by atoms with Gasteiger partial charge in [-0.2, -0.15) is 0 Å². The van der Waals surface area contributed by atoms with E-state index in [0.717, 1.165) is 16.8 Å². The summed E-state index contributed by atoms with van der Waals surface area (Å²) >= 11 is 1.26. The number of amides is 1. The Balaban J connectivity index is 1.56. The SMILES string of the molecule is Cc1ccc(-n2c(SCC(=O)Nc3ccc(S(N)(=O)=O)cc3)nnc2-c2ccccc2)cc1C. The molecule has 1 amide bonds. The molecule has 3 aromatic carbocycles. The molecule has 0 aliphatic carbocycles. The van der Waals surface area contributed by atoms with Crippen LogP contribution in [0.15, 0.2) is 82.8 Å². The molecule has 0 unspecified atom stereocenters. The van der Waals surface area contributed by atoms with Crippen LogP contribution in [0.4, 0.5) is 5.69 Å². The summed E-state index contributed by atoms with van der Waals surface area (Å²) in [7, 11) is -3.79. The Morgan fingerprint density at radius 2 is 1.68 bits per heavy atom. The number of anilines is 1. The lowest BCUT2D eigenvalue weighted by Gasteiger charge is -2.12. The molecule has 34 heavy (non-hydrogen) atoms. The van der Waals surface area contributed by atoms with Gasteiger partial charge < -0.3 is 5.32 Å². The quantitative estimate of drug-likeness (QED) is 0.377. The maximum atomic E-state index is 12.6. The summed E-state index contributed by atoms with van der Waals surface area (Å²) in [5, 5.41) is 17.2. The lowest BCUT2D eigenvalue weighted by Crippen LogP contribution is -2.15. The number of carbonyl (C=O) groups is 1. The third-order valence-corrected chi connectivity index (χ3v) is 7.07. The summed E-state index contributed by atoms with van der Waals surface area (Å²) in [6, 6.07) is 21.6. The zero-order chi connectivity index (χ0) is 24.3. The van der Waals surface area contributed by atoms with Crippen LogP contribution in [0.1, 0.15) is 11.1 Å². The Labute approximate surface area is 202 Å². The molecular weight excluding hydrogens is 470 g/mol. The lowest BCUT2D eigenvalue weighted by molar-refractivity contribution is -0.113. The average molecular weight is 494 g/mol. The normalized spacial score (nSPS) is 11.4. The maximum absolute atomic E-state index is 12.6. The van der Waals surface area contributed by atoms with E-state index in [9.17, 15) is 13.2 Å². The third-order valence-electron chi connectivity index (χ3n) is 5.21. The van der Waals surface area contributed by atoms with E-state index in [1.165, 1.54) is 41.6 Å². The van der Waals surface area contributed by atoms with Crippen molar-refractivity contribution >= 4 is 33.4 Å². The van der Waals surface area contributed by atoms with E-state index in [1.54, 1.807) is 0 Å². The molecule has 8 nitrogen and oxygen atoms in total. The van der Waals surface area contributed by atoms with E-state index < -0.39 is 10.0 Å². The molecule has 4 aromatic rings. The van der Waals surface area contributed by atoms with Crippen LogP contribution in [0.2, 0.25) is 0 Å². The van der Waals surface area contributed by atoms with Gasteiger partial charge in [0, 0.05) is 11.3 Å². The van der Waals surface area contributed by atoms with Crippen molar-refractivity contribution < 1.29 is 13.2 Å². The van der Waals surface area contributed by atoms with Crippen LogP contribution >= 0.6 is 11.8 Å². The number of primary sulfonamides is 1. The van der Waals surface area contributed by atoms with Crippen molar-refractivity contribution in [1.82, 2.24) is 14.8 Å². The van der Waals surface area contributed by atoms with Crippen LogP contribution in [0.3, 0.4) is 0 Å². The third kappa shape index (κ3) is 5.36. The number of thioether (sulfide) groups is 1. The number of hydrogen-bond donors (Lipinski definition) is 2. The molecule has 1 heterocycles. The Bertz CT molecular complexity index is 1430. The second kappa shape index (κ2) is 9.80. The summed E-state index contributed by atoms with van der Waals surface area (Å²) in [6.07, 6.45) is 0. The fourth-order valence-electron chi connectivity index (χ4n) is 3.29. The average Bonchev–Trinajstić information content (AvgIpc) is 3.24. The van der Waals surface area contributed by atoms with Gasteiger partial charge in [-0.3, -0.25) is 9.36 Å². The van der Waals surface area contributed by atoms with Crippen LogP contribution in [0.25, 0.3) is 17.1 Å². The summed E-state index contributed by atoms with van der Waals surface area (Å²) in [6.45, 7) is 4.10. The molecule has 0 saturated heterocycles. The molecule has 0 aliphatic rings. The first-order valence-corrected chi connectivity index (χ1v) is 12.9. The molecule has 0 radical (unpaired) electrons. The maximum Gasteiger partial charge on any atom is 0.238 e. The number of nitrogens with zero attached hydrogens (tertiary/aromatic N) is 3. The largest absolute Gasteiger partial charge is 0.325 e. The Morgan fingerprint density at radius 1 is 0.971 bits per heavy atom. The van der Waals surface area contributed by atoms with E-state index in [1.807, 2.05) is 54.0 Å². The van der Waals surface area contributed by atoms with Crippen LogP contribution in [0.5, 0.6) is 0 Å².